The van der Waals surface area contributed by atoms with Crippen LogP contribution in [0.3, 0.4) is 0 Å². The van der Waals surface area contributed by atoms with E-state index in [1.165, 1.54) is 15.6 Å². The van der Waals surface area contributed by atoms with Crippen molar-refractivity contribution in [2.75, 3.05) is 13.1 Å². The van der Waals surface area contributed by atoms with E-state index in [1.54, 1.807) is 17.5 Å². The largest absolute Gasteiger partial charge is 0.294 e. The number of piperidine rings is 1. The van der Waals surface area contributed by atoms with Gasteiger partial charge in [-0.15, -0.1) is 11.3 Å². The molecule has 128 valence electrons. The fourth-order valence-electron chi connectivity index (χ4n) is 3.12. The average molecular weight is 364 g/mol. The summed E-state index contributed by atoms with van der Waals surface area (Å²) in [6.07, 6.45) is 1.16. The number of aryl methyl sites for hydroxylation is 2. The molecule has 0 aliphatic carbocycles. The van der Waals surface area contributed by atoms with Crippen molar-refractivity contribution in [3.63, 3.8) is 0 Å². The Bertz CT molecular complexity index is 833. The number of hydrogen-bond donors (Lipinski definition) is 0. The normalized spacial score (nSPS) is 17.1. The van der Waals surface area contributed by atoms with Gasteiger partial charge in [-0.3, -0.25) is 4.79 Å². The number of carbonyl (C=O) groups is 1. The molecule has 0 N–H and O–H groups in total. The van der Waals surface area contributed by atoms with Crippen LogP contribution < -0.4 is 0 Å². The molecule has 3 rings (SSSR count). The van der Waals surface area contributed by atoms with Gasteiger partial charge in [-0.25, -0.2) is 8.42 Å². The summed E-state index contributed by atoms with van der Waals surface area (Å²) in [4.78, 5) is 12.8. The molecule has 0 saturated carbocycles. The average Bonchev–Trinajstić information content (AvgIpc) is 3.12. The number of carbonyl (C=O) groups excluding carboxylic acids is 1. The van der Waals surface area contributed by atoms with E-state index in [0.717, 1.165) is 16.7 Å². The van der Waals surface area contributed by atoms with Crippen molar-refractivity contribution in [1.82, 2.24) is 4.31 Å². The second-order valence-electron chi connectivity index (χ2n) is 6.29. The van der Waals surface area contributed by atoms with E-state index < -0.39 is 10.0 Å². The Hall–Kier alpha value is -1.50. The molecule has 0 spiro atoms. The Morgan fingerprint density at radius 3 is 2.50 bits per heavy atom. The van der Waals surface area contributed by atoms with Gasteiger partial charge in [0.15, 0.2) is 5.78 Å². The quantitative estimate of drug-likeness (QED) is 0.779. The summed E-state index contributed by atoms with van der Waals surface area (Å²) in [5.41, 5.74) is 2.83. The van der Waals surface area contributed by atoms with Gasteiger partial charge >= 0.3 is 0 Å². The van der Waals surface area contributed by atoms with Crippen LogP contribution in [0, 0.1) is 19.8 Å². The Labute approximate surface area is 147 Å². The van der Waals surface area contributed by atoms with Crippen molar-refractivity contribution in [3.8, 4) is 0 Å². The lowest BCUT2D eigenvalue weighted by Gasteiger charge is -2.30. The second kappa shape index (κ2) is 6.78. The minimum Gasteiger partial charge on any atom is -0.294 e. The number of rotatable bonds is 4. The maximum Gasteiger partial charge on any atom is 0.252 e. The standard InChI is InChI=1S/C18H21NO3S2/c1-13-5-6-14(2)16(12-13)18(20)15-7-9-19(10-8-15)24(21,22)17-4-3-11-23-17/h3-6,11-12,15H,7-10H2,1-2H3. The fraction of sp³-hybridized carbons (Fsp3) is 0.389. The maximum atomic E-state index is 12.8. The molecule has 0 radical (unpaired) electrons. The highest BCUT2D eigenvalue weighted by atomic mass is 32.2. The first-order valence-corrected chi connectivity index (χ1v) is 10.4. The third kappa shape index (κ3) is 3.31. The van der Waals surface area contributed by atoms with Gasteiger partial charge in [0.1, 0.15) is 4.21 Å². The molecule has 0 bridgehead atoms. The van der Waals surface area contributed by atoms with E-state index in [9.17, 15) is 13.2 Å². The first-order chi connectivity index (χ1) is 11.4. The number of Topliss-reactive ketones (excluding diaryl/α,β-unsaturated/α-hetero) is 1. The van der Waals surface area contributed by atoms with E-state index in [1.807, 2.05) is 32.0 Å². The Kier molecular flexibility index (Phi) is 4.90. The van der Waals surface area contributed by atoms with Gasteiger partial charge in [-0.05, 0) is 49.8 Å². The molecule has 0 amide bonds. The van der Waals surface area contributed by atoms with Crippen molar-refractivity contribution in [3.05, 3.63) is 52.4 Å². The molecule has 1 aromatic carbocycles. The molecule has 1 aromatic heterocycles. The van der Waals surface area contributed by atoms with Crippen molar-refractivity contribution < 1.29 is 13.2 Å². The van der Waals surface area contributed by atoms with Gasteiger partial charge in [-0.2, -0.15) is 4.31 Å². The summed E-state index contributed by atoms with van der Waals surface area (Å²) >= 11 is 1.23. The molecule has 2 heterocycles. The van der Waals surface area contributed by atoms with E-state index >= 15 is 0 Å². The van der Waals surface area contributed by atoms with Crippen molar-refractivity contribution >= 4 is 27.1 Å². The van der Waals surface area contributed by atoms with Crippen LogP contribution >= 0.6 is 11.3 Å². The summed E-state index contributed by atoms with van der Waals surface area (Å²) in [5, 5.41) is 1.77. The summed E-state index contributed by atoms with van der Waals surface area (Å²) < 4.78 is 27.0. The molecule has 2 aromatic rings. The van der Waals surface area contributed by atoms with Gasteiger partial charge in [0.25, 0.3) is 10.0 Å². The lowest BCUT2D eigenvalue weighted by molar-refractivity contribution is 0.0874. The van der Waals surface area contributed by atoms with Gasteiger partial charge in [-0.1, -0.05) is 23.8 Å². The molecule has 4 nitrogen and oxygen atoms in total. The highest BCUT2D eigenvalue weighted by Crippen LogP contribution is 2.28. The first-order valence-electron chi connectivity index (χ1n) is 8.04. The van der Waals surface area contributed by atoms with Gasteiger partial charge in [0, 0.05) is 24.6 Å². The molecular formula is C18H21NO3S2. The lowest BCUT2D eigenvalue weighted by atomic mass is 9.87. The van der Waals surface area contributed by atoms with Crippen LogP contribution in [0.1, 0.15) is 34.3 Å². The van der Waals surface area contributed by atoms with Crippen LogP contribution in [0.15, 0.2) is 39.9 Å². The third-order valence-corrected chi connectivity index (χ3v) is 7.84. The molecule has 1 aliphatic heterocycles. The van der Waals surface area contributed by atoms with E-state index in [-0.39, 0.29) is 11.7 Å². The first kappa shape index (κ1) is 17.3. The molecule has 1 fully saturated rings. The van der Waals surface area contributed by atoms with E-state index in [0.29, 0.717) is 30.1 Å². The van der Waals surface area contributed by atoms with Crippen LogP contribution in [-0.2, 0) is 10.0 Å². The van der Waals surface area contributed by atoms with Crippen LogP contribution in [0.2, 0.25) is 0 Å². The van der Waals surface area contributed by atoms with Gasteiger partial charge < -0.3 is 0 Å². The maximum absolute atomic E-state index is 12.8. The van der Waals surface area contributed by atoms with Crippen molar-refractivity contribution in [1.29, 1.82) is 0 Å². The zero-order valence-corrected chi connectivity index (χ0v) is 15.5. The zero-order chi connectivity index (χ0) is 17.3. The van der Waals surface area contributed by atoms with Crippen LogP contribution in [-0.4, -0.2) is 31.6 Å². The molecule has 0 unspecified atom stereocenters. The number of thiophene rings is 1. The fourth-order valence-corrected chi connectivity index (χ4v) is 5.73. The summed E-state index contributed by atoms with van der Waals surface area (Å²) in [6, 6.07) is 9.29. The van der Waals surface area contributed by atoms with Crippen LogP contribution in [0.5, 0.6) is 0 Å². The Morgan fingerprint density at radius 1 is 1.17 bits per heavy atom. The number of nitrogens with zero attached hydrogens (tertiary/aromatic N) is 1. The Morgan fingerprint density at radius 2 is 1.88 bits per heavy atom. The smallest absolute Gasteiger partial charge is 0.252 e. The van der Waals surface area contributed by atoms with Crippen LogP contribution in [0.25, 0.3) is 0 Å². The SMILES string of the molecule is Cc1ccc(C)c(C(=O)C2CCN(S(=O)(=O)c3cccs3)CC2)c1. The topological polar surface area (TPSA) is 54.5 Å². The number of benzene rings is 1. The molecule has 24 heavy (non-hydrogen) atoms. The van der Waals surface area contributed by atoms with Crippen LogP contribution in [0.4, 0.5) is 0 Å². The summed E-state index contributed by atoms with van der Waals surface area (Å²) in [5.74, 6) is 0.0460. The monoisotopic (exact) mass is 363 g/mol. The van der Waals surface area contributed by atoms with Crippen molar-refractivity contribution in [2.24, 2.45) is 5.92 Å². The number of ketones is 1. The van der Waals surface area contributed by atoms with Gasteiger partial charge in [0.2, 0.25) is 0 Å². The van der Waals surface area contributed by atoms with Crippen molar-refractivity contribution in [2.45, 2.75) is 30.9 Å². The molecule has 1 saturated heterocycles. The minimum absolute atomic E-state index is 0.0970. The second-order valence-corrected chi connectivity index (χ2v) is 9.41. The molecule has 0 atom stereocenters. The van der Waals surface area contributed by atoms with E-state index in [2.05, 4.69) is 0 Å². The summed E-state index contributed by atoms with van der Waals surface area (Å²) in [6.45, 7) is 4.73. The highest BCUT2D eigenvalue weighted by Gasteiger charge is 2.33. The third-order valence-electron chi connectivity index (χ3n) is 4.57. The van der Waals surface area contributed by atoms with E-state index in [4.69, 9.17) is 0 Å². The highest BCUT2D eigenvalue weighted by molar-refractivity contribution is 7.91. The Balaban J connectivity index is 1.71. The predicted octanol–water partition coefficient (Wildman–Crippen LogP) is 3.65. The number of sulfonamides is 1. The predicted molar refractivity (Wildman–Crippen MR) is 96.0 cm³/mol. The minimum atomic E-state index is -3.41. The van der Waals surface area contributed by atoms with Gasteiger partial charge in [0.05, 0.1) is 0 Å². The molecule has 6 heteroatoms. The molecule has 1 aliphatic rings. The molecular weight excluding hydrogens is 342 g/mol. The number of hydrogen-bond acceptors (Lipinski definition) is 4. The summed E-state index contributed by atoms with van der Waals surface area (Å²) in [7, 11) is -3.41. The lowest BCUT2D eigenvalue weighted by Crippen LogP contribution is -2.40. The zero-order valence-electron chi connectivity index (χ0n) is 13.9.